The molecule has 0 saturated carbocycles. The fourth-order valence-corrected chi connectivity index (χ4v) is 1.65. The number of hydrogen-bond acceptors (Lipinski definition) is 1. The summed E-state index contributed by atoms with van der Waals surface area (Å²) in [7, 11) is -3.26. The molecule has 12 heavy (non-hydrogen) atoms. The highest BCUT2D eigenvalue weighted by Crippen LogP contribution is 2.41. The van der Waals surface area contributed by atoms with Gasteiger partial charge in [0.2, 0.25) is 0 Å². The van der Waals surface area contributed by atoms with Crippen LogP contribution in [0.1, 0.15) is 19.8 Å². The van der Waals surface area contributed by atoms with Crippen molar-refractivity contribution in [3.05, 3.63) is 0 Å². The highest BCUT2D eigenvalue weighted by molar-refractivity contribution is 7.57. The van der Waals surface area contributed by atoms with Crippen molar-refractivity contribution in [2.75, 3.05) is 12.3 Å². The summed E-state index contributed by atoms with van der Waals surface area (Å²) in [4.78, 5) is 8.91. The Bertz CT molecular complexity index is 178. The molecule has 0 aromatic carbocycles. The van der Waals surface area contributed by atoms with Crippen LogP contribution < -0.4 is 0 Å². The molecular formula is C6H12F3O2P. The lowest BCUT2D eigenvalue weighted by molar-refractivity contribution is -0.134. The Labute approximate surface area is 69.2 Å². The van der Waals surface area contributed by atoms with Crippen LogP contribution in [0.2, 0.25) is 0 Å². The number of rotatable bonds is 4. The van der Waals surface area contributed by atoms with Crippen LogP contribution in [0.5, 0.6) is 0 Å². The number of alkyl halides is 3. The van der Waals surface area contributed by atoms with Crippen LogP contribution in [0.3, 0.4) is 0 Å². The van der Waals surface area contributed by atoms with Gasteiger partial charge in [-0.25, -0.2) is 0 Å². The van der Waals surface area contributed by atoms with Crippen LogP contribution in [0, 0.1) is 0 Å². The van der Waals surface area contributed by atoms with Gasteiger partial charge in [-0.2, -0.15) is 13.2 Å². The van der Waals surface area contributed by atoms with Gasteiger partial charge in [0.25, 0.3) is 0 Å². The molecule has 0 spiro atoms. The van der Waals surface area contributed by atoms with Crippen LogP contribution in [0.4, 0.5) is 13.2 Å². The Kier molecular flexibility index (Phi) is 4.28. The minimum Gasteiger partial charge on any atom is -0.344 e. The maximum absolute atomic E-state index is 11.6. The molecule has 74 valence electrons. The Morgan fingerprint density at radius 1 is 1.42 bits per heavy atom. The first-order chi connectivity index (χ1) is 5.27. The van der Waals surface area contributed by atoms with Gasteiger partial charge in [0.05, 0.1) is 0 Å². The summed E-state index contributed by atoms with van der Waals surface area (Å²) in [5.74, 6) is 0. The normalized spacial score (nSPS) is 17.4. The van der Waals surface area contributed by atoms with Crippen LogP contribution >= 0.6 is 7.37 Å². The maximum Gasteiger partial charge on any atom is 0.389 e. The Morgan fingerprint density at radius 2 is 1.92 bits per heavy atom. The van der Waals surface area contributed by atoms with Crippen molar-refractivity contribution in [2.24, 2.45) is 0 Å². The third-order valence-electron chi connectivity index (χ3n) is 1.46. The third kappa shape index (κ3) is 6.68. The molecule has 0 aliphatic rings. The van der Waals surface area contributed by atoms with Crippen molar-refractivity contribution in [1.29, 1.82) is 0 Å². The summed E-state index contributed by atoms with van der Waals surface area (Å²) in [6.45, 7) is 1.49. The molecule has 0 bridgehead atoms. The monoisotopic (exact) mass is 204 g/mol. The molecule has 0 amide bonds. The maximum atomic E-state index is 11.6. The second-order valence-corrected chi connectivity index (χ2v) is 5.38. The molecule has 0 fully saturated rings. The van der Waals surface area contributed by atoms with Gasteiger partial charge in [0.1, 0.15) is 0 Å². The van der Waals surface area contributed by atoms with Crippen molar-refractivity contribution in [3.8, 4) is 0 Å². The van der Waals surface area contributed by atoms with Gasteiger partial charge < -0.3 is 4.89 Å². The van der Waals surface area contributed by atoms with E-state index in [9.17, 15) is 17.7 Å². The predicted molar refractivity (Wildman–Crippen MR) is 40.5 cm³/mol. The molecule has 0 aromatic rings. The van der Waals surface area contributed by atoms with Crippen molar-refractivity contribution >= 4 is 7.37 Å². The lowest BCUT2D eigenvalue weighted by atomic mass is 10.3. The molecule has 0 heterocycles. The zero-order chi connectivity index (χ0) is 9.83. The van der Waals surface area contributed by atoms with Crippen LogP contribution in [-0.4, -0.2) is 23.4 Å². The van der Waals surface area contributed by atoms with E-state index in [1.807, 2.05) is 0 Å². The smallest absolute Gasteiger partial charge is 0.344 e. The van der Waals surface area contributed by atoms with E-state index < -0.39 is 20.0 Å². The Morgan fingerprint density at radius 3 is 2.25 bits per heavy atom. The van der Waals surface area contributed by atoms with E-state index in [0.29, 0.717) is 0 Å². The van der Waals surface area contributed by atoms with Gasteiger partial charge in [-0.1, -0.05) is 6.92 Å². The number of halogens is 3. The first-order valence-corrected chi connectivity index (χ1v) is 5.67. The highest BCUT2D eigenvalue weighted by Gasteiger charge is 2.27. The molecule has 2 nitrogen and oxygen atoms in total. The van der Waals surface area contributed by atoms with Crippen molar-refractivity contribution in [2.45, 2.75) is 25.9 Å². The van der Waals surface area contributed by atoms with Crippen LogP contribution in [-0.2, 0) is 4.57 Å². The van der Waals surface area contributed by atoms with E-state index in [2.05, 4.69) is 0 Å². The fourth-order valence-electron chi connectivity index (χ4n) is 0.685. The summed E-state index contributed by atoms with van der Waals surface area (Å²) >= 11 is 0. The molecule has 1 atom stereocenters. The Hall–Kier alpha value is -0.0200. The van der Waals surface area contributed by atoms with E-state index in [4.69, 9.17) is 4.89 Å². The first kappa shape index (κ1) is 12.0. The Balaban J connectivity index is 3.65. The standard InChI is InChI=1S/C6H12F3O2P/c1-2-12(10,11)5-3-4-6(7,8)9/h2-5H2,1H3,(H,10,11). The van der Waals surface area contributed by atoms with Gasteiger partial charge in [-0.15, -0.1) is 0 Å². The van der Waals surface area contributed by atoms with Gasteiger partial charge in [-0.3, -0.25) is 4.57 Å². The largest absolute Gasteiger partial charge is 0.389 e. The van der Waals surface area contributed by atoms with E-state index in [0.717, 1.165) is 0 Å². The molecule has 0 rings (SSSR count). The quantitative estimate of drug-likeness (QED) is 0.714. The van der Waals surface area contributed by atoms with Gasteiger partial charge in [0, 0.05) is 18.7 Å². The molecule has 0 radical (unpaired) electrons. The molecule has 0 aliphatic carbocycles. The predicted octanol–water partition coefficient (Wildman–Crippen LogP) is 2.62. The summed E-state index contributed by atoms with van der Waals surface area (Å²) in [6, 6.07) is 0. The topological polar surface area (TPSA) is 37.3 Å². The molecule has 1 unspecified atom stereocenters. The first-order valence-electron chi connectivity index (χ1n) is 3.64. The second kappa shape index (κ2) is 4.28. The number of hydrogen-bond donors (Lipinski definition) is 1. The van der Waals surface area contributed by atoms with E-state index >= 15 is 0 Å². The lowest BCUT2D eigenvalue weighted by Crippen LogP contribution is -2.08. The lowest BCUT2D eigenvalue weighted by Gasteiger charge is -2.09. The van der Waals surface area contributed by atoms with Crippen LogP contribution in [0.15, 0.2) is 0 Å². The van der Waals surface area contributed by atoms with Gasteiger partial charge >= 0.3 is 6.18 Å². The zero-order valence-electron chi connectivity index (χ0n) is 6.76. The third-order valence-corrected chi connectivity index (χ3v) is 3.47. The van der Waals surface area contributed by atoms with E-state index in [1.165, 1.54) is 6.92 Å². The van der Waals surface area contributed by atoms with Crippen molar-refractivity contribution < 1.29 is 22.6 Å². The van der Waals surface area contributed by atoms with E-state index in [1.54, 1.807) is 0 Å². The minimum atomic E-state index is -4.21. The molecule has 6 heteroatoms. The summed E-state index contributed by atoms with van der Waals surface area (Å²) in [5, 5.41) is 0. The summed E-state index contributed by atoms with van der Waals surface area (Å²) in [5.41, 5.74) is 0. The average molecular weight is 204 g/mol. The van der Waals surface area contributed by atoms with Gasteiger partial charge in [0.15, 0.2) is 7.37 Å². The summed E-state index contributed by atoms with van der Waals surface area (Å²) < 4.78 is 45.5. The zero-order valence-corrected chi connectivity index (χ0v) is 7.66. The second-order valence-electron chi connectivity index (χ2n) is 2.60. The average Bonchev–Trinajstić information content (AvgIpc) is 1.84. The molecular weight excluding hydrogens is 192 g/mol. The van der Waals surface area contributed by atoms with Gasteiger partial charge in [-0.05, 0) is 6.42 Å². The van der Waals surface area contributed by atoms with Crippen molar-refractivity contribution in [3.63, 3.8) is 0 Å². The molecule has 0 aliphatic heterocycles. The van der Waals surface area contributed by atoms with E-state index in [-0.39, 0.29) is 18.7 Å². The van der Waals surface area contributed by atoms with Crippen LogP contribution in [0.25, 0.3) is 0 Å². The molecule has 0 saturated heterocycles. The summed E-state index contributed by atoms with van der Waals surface area (Å²) in [6.07, 6.45) is -5.63. The SMILES string of the molecule is CCP(=O)(O)CCCC(F)(F)F. The minimum absolute atomic E-state index is 0.0465. The van der Waals surface area contributed by atoms with Crippen molar-refractivity contribution in [1.82, 2.24) is 0 Å². The molecule has 1 N–H and O–H groups in total. The fraction of sp³-hybridized carbons (Fsp3) is 1.00. The molecule has 0 aromatic heterocycles. The highest BCUT2D eigenvalue weighted by atomic mass is 31.2.